The third-order valence-corrected chi connectivity index (χ3v) is 2.87. The lowest BCUT2D eigenvalue weighted by molar-refractivity contribution is 0.0896. The molecule has 0 aromatic rings. The van der Waals surface area contributed by atoms with E-state index in [1.54, 1.807) is 0 Å². The van der Waals surface area contributed by atoms with Gasteiger partial charge in [-0.3, -0.25) is 0 Å². The van der Waals surface area contributed by atoms with Crippen LogP contribution in [0, 0.1) is 5.92 Å². The number of aliphatic hydroxyl groups is 2. The van der Waals surface area contributed by atoms with Gasteiger partial charge in [0.15, 0.2) is 0 Å². The van der Waals surface area contributed by atoms with Crippen LogP contribution in [0.15, 0.2) is 0 Å². The minimum absolute atomic E-state index is 0.143. The second-order valence-electron chi connectivity index (χ2n) is 4.20. The molecule has 0 aromatic carbocycles. The van der Waals surface area contributed by atoms with Gasteiger partial charge in [0.1, 0.15) is 0 Å². The quantitative estimate of drug-likeness (QED) is 0.601. The van der Waals surface area contributed by atoms with E-state index in [9.17, 15) is 0 Å². The number of hydrogen-bond donors (Lipinski definition) is 3. The molecule has 0 saturated heterocycles. The molecule has 1 atom stereocenters. The van der Waals surface area contributed by atoms with Crippen molar-refractivity contribution in [3.05, 3.63) is 0 Å². The predicted octanol–water partition coefficient (Wildman–Crippen LogP) is 0.508. The van der Waals surface area contributed by atoms with Gasteiger partial charge in [-0.25, -0.2) is 0 Å². The Bertz CT molecular complexity index is 133. The number of hydrogen-bond acceptors (Lipinski definition) is 3. The minimum Gasteiger partial charge on any atom is -0.394 e. The maximum atomic E-state index is 9.13. The van der Waals surface area contributed by atoms with Crippen molar-refractivity contribution in [2.75, 3.05) is 13.2 Å². The topological polar surface area (TPSA) is 52.5 Å². The van der Waals surface area contributed by atoms with Gasteiger partial charge in [-0.2, -0.15) is 0 Å². The Kier molecular flexibility index (Phi) is 4.70. The molecular formula is C10H21NO2. The summed E-state index contributed by atoms with van der Waals surface area (Å²) in [7, 11) is 0. The first-order valence-electron chi connectivity index (χ1n) is 5.24. The van der Waals surface area contributed by atoms with Crippen molar-refractivity contribution in [3.8, 4) is 0 Å². The Balaban J connectivity index is 2.08. The molecule has 0 spiro atoms. The van der Waals surface area contributed by atoms with Crippen LogP contribution in [-0.2, 0) is 0 Å². The highest BCUT2D eigenvalue weighted by molar-refractivity contribution is 4.76. The summed E-state index contributed by atoms with van der Waals surface area (Å²) in [6.07, 6.45) is 4.39. The second kappa shape index (κ2) is 5.58. The molecule has 0 amide bonds. The van der Waals surface area contributed by atoms with E-state index in [2.05, 4.69) is 12.2 Å². The summed E-state index contributed by atoms with van der Waals surface area (Å²) in [4.78, 5) is 0. The fraction of sp³-hybridized carbons (Fsp3) is 1.00. The van der Waals surface area contributed by atoms with E-state index in [0.717, 1.165) is 5.92 Å². The van der Waals surface area contributed by atoms with Gasteiger partial charge in [0, 0.05) is 12.6 Å². The van der Waals surface area contributed by atoms with Crippen molar-refractivity contribution >= 4 is 0 Å². The van der Waals surface area contributed by atoms with Crippen molar-refractivity contribution in [2.45, 2.75) is 44.8 Å². The summed E-state index contributed by atoms with van der Waals surface area (Å²) in [5, 5.41) is 21.0. The van der Waals surface area contributed by atoms with Gasteiger partial charge in [-0.05, 0) is 31.6 Å². The summed E-state index contributed by atoms with van der Waals surface area (Å²) in [6, 6.07) is 0.553. The molecule has 1 aliphatic carbocycles. The van der Waals surface area contributed by atoms with E-state index < -0.39 is 6.10 Å². The number of nitrogens with one attached hydrogen (secondary N) is 1. The zero-order chi connectivity index (χ0) is 9.68. The fourth-order valence-corrected chi connectivity index (χ4v) is 1.83. The van der Waals surface area contributed by atoms with E-state index in [0.29, 0.717) is 12.6 Å². The lowest BCUT2D eigenvalue weighted by Gasteiger charge is -2.27. The lowest BCUT2D eigenvalue weighted by Crippen LogP contribution is -2.38. The van der Waals surface area contributed by atoms with E-state index in [-0.39, 0.29) is 6.61 Å². The predicted molar refractivity (Wildman–Crippen MR) is 52.5 cm³/mol. The largest absolute Gasteiger partial charge is 0.394 e. The Morgan fingerprint density at radius 1 is 1.31 bits per heavy atom. The molecule has 13 heavy (non-hydrogen) atoms. The lowest BCUT2D eigenvalue weighted by atomic mass is 9.87. The minimum atomic E-state index is -0.598. The Morgan fingerprint density at radius 2 is 1.92 bits per heavy atom. The standard InChI is InChI=1S/C10H21NO2/c1-8-2-4-9(5-3-8)11-6-10(13)7-12/h8-13H,2-7H2,1H3/t8?,9?,10-/m0/s1. The fourth-order valence-electron chi connectivity index (χ4n) is 1.83. The van der Waals surface area contributed by atoms with Crippen molar-refractivity contribution in [2.24, 2.45) is 5.92 Å². The molecule has 1 aliphatic rings. The van der Waals surface area contributed by atoms with Crippen molar-refractivity contribution in [3.63, 3.8) is 0 Å². The third kappa shape index (κ3) is 4.07. The van der Waals surface area contributed by atoms with Crippen molar-refractivity contribution < 1.29 is 10.2 Å². The van der Waals surface area contributed by atoms with Crippen LogP contribution in [0.5, 0.6) is 0 Å². The van der Waals surface area contributed by atoms with Crippen LogP contribution < -0.4 is 5.32 Å². The van der Waals surface area contributed by atoms with E-state index in [4.69, 9.17) is 10.2 Å². The molecule has 78 valence electrons. The van der Waals surface area contributed by atoms with Gasteiger partial charge in [0.25, 0.3) is 0 Å². The maximum absolute atomic E-state index is 9.13. The first-order chi connectivity index (χ1) is 6.22. The summed E-state index contributed by atoms with van der Waals surface area (Å²) < 4.78 is 0. The van der Waals surface area contributed by atoms with Crippen molar-refractivity contribution in [1.29, 1.82) is 0 Å². The molecule has 1 fully saturated rings. The molecule has 3 nitrogen and oxygen atoms in total. The van der Waals surface area contributed by atoms with E-state index in [1.807, 2.05) is 0 Å². The average molecular weight is 187 g/mol. The molecular weight excluding hydrogens is 166 g/mol. The molecule has 3 N–H and O–H groups in total. The summed E-state index contributed by atoms with van der Waals surface area (Å²) >= 11 is 0. The summed E-state index contributed by atoms with van der Waals surface area (Å²) in [5.41, 5.74) is 0. The van der Waals surface area contributed by atoms with Crippen LogP contribution in [0.25, 0.3) is 0 Å². The van der Waals surface area contributed by atoms with Crippen LogP contribution in [0.3, 0.4) is 0 Å². The Labute approximate surface area is 80.2 Å². The normalized spacial score (nSPS) is 31.6. The first-order valence-corrected chi connectivity index (χ1v) is 5.24. The monoisotopic (exact) mass is 187 g/mol. The van der Waals surface area contributed by atoms with Crippen LogP contribution >= 0.6 is 0 Å². The summed E-state index contributed by atoms with van der Waals surface area (Å²) in [6.45, 7) is 2.67. The summed E-state index contributed by atoms with van der Waals surface area (Å²) in [5.74, 6) is 0.862. The van der Waals surface area contributed by atoms with Gasteiger partial charge in [-0.1, -0.05) is 6.92 Å². The molecule has 0 bridgehead atoms. The Hall–Kier alpha value is -0.120. The van der Waals surface area contributed by atoms with Crippen LogP contribution in [0.4, 0.5) is 0 Å². The first kappa shape index (κ1) is 11.0. The smallest absolute Gasteiger partial charge is 0.0895 e. The Morgan fingerprint density at radius 3 is 2.46 bits per heavy atom. The average Bonchev–Trinajstić information content (AvgIpc) is 2.16. The zero-order valence-electron chi connectivity index (χ0n) is 8.37. The van der Waals surface area contributed by atoms with Crippen LogP contribution in [0.1, 0.15) is 32.6 Å². The van der Waals surface area contributed by atoms with Gasteiger partial charge in [0.05, 0.1) is 12.7 Å². The molecule has 0 heterocycles. The highest BCUT2D eigenvalue weighted by Gasteiger charge is 2.17. The molecule has 0 radical (unpaired) electrons. The van der Waals surface area contributed by atoms with Crippen LogP contribution in [0.2, 0.25) is 0 Å². The highest BCUT2D eigenvalue weighted by atomic mass is 16.3. The third-order valence-electron chi connectivity index (χ3n) is 2.87. The second-order valence-corrected chi connectivity index (χ2v) is 4.20. The molecule has 1 saturated carbocycles. The zero-order valence-corrected chi connectivity index (χ0v) is 8.37. The molecule has 0 aliphatic heterocycles. The maximum Gasteiger partial charge on any atom is 0.0895 e. The molecule has 1 rings (SSSR count). The SMILES string of the molecule is CC1CCC(NC[C@H](O)CO)CC1. The molecule has 0 unspecified atom stereocenters. The van der Waals surface area contributed by atoms with E-state index >= 15 is 0 Å². The molecule has 3 heteroatoms. The van der Waals surface area contributed by atoms with Gasteiger partial charge < -0.3 is 15.5 Å². The van der Waals surface area contributed by atoms with Gasteiger partial charge in [0.2, 0.25) is 0 Å². The van der Waals surface area contributed by atoms with E-state index in [1.165, 1.54) is 25.7 Å². The highest BCUT2D eigenvalue weighted by Crippen LogP contribution is 2.23. The van der Waals surface area contributed by atoms with Crippen LogP contribution in [-0.4, -0.2) is 35.5 Å². The van der Waals surface area contributed by atoms with Crippen molar-refractivity contribution in [1.82, 2.24) is 5.32 Å². The number of aliphatic hydroxyl groups excluding tert-OH is 2. The van der Waals surface area contributed by atoms with Gasteiger partial charge >= 0.3 is 0 Å². The number of rotatable bonds is 4. The molecule has 0 aromatic heterocycles. The van der Waals surface area contributed by atoms with Gasteiger partial charge in [-0.15, -0.1) is 0 Å².